The van der Waals surface area contributed by atoms with Crippen molar-refractivity contribution in [2.75, 3.05) is 19.8 Å². The van der Waals surface area contributed by atoms with Crippen LogP contribution in [0.15, 0.2) is 73.1 Å². The van der Waals surface area contributed by atoms with Crippen molar-refractivity contribution in [3.05, 3.63) is 101 Å². The number of pyridine rings is 1. The first-order chi connectivity index (χ1) is 20.4. The topological polar surface area (TPSA) is 133 Å². The Balaban J connectivity index is 0.000000612. The number of aliphatic hydroxyl groups is 1. The molecule has 0 saturated carbocycles. The second kappa shape index (κ2) is 14.9. The largest absolute Gasteiger partial charge is 0.488 e. The third-order valence-electron chi connectivity index (χ3n) is 6.70. The molecule has 0 aliphatic carbocycles. The van der Waals surface area contributed by atoms with Gasteiger partial charge in [-0.1, -0.05) is 30.3 Å². The highest BCUT2D eigenvalue weighted by Gasteiger charge is 2.15. The molecule has 42 heavy (non-hydrogen) atoms. The van der Waals surface area contributed by atoms with E-state index in [9.17, 15) is 4.79 Å². The van der Waals surface area contributed by atoms with E-state index in [-0.39, 0.29) is 13.0 Å². The van der Waals surface area contributed by atoms with Crippen LogP contribution in [-0.4, -0.2) is 41.0 Å². The van der Waals surface area contributed by atoms with E-state index in [1.807, 2.05) is 43.3 Å². The number of aliphatic carboxylic acids is 1. The Hall–Kier alpha value is -4.60. The zero-order chi connectivity index (χ0) is 29.9. The first kappa shape index (κ1) is 30.4. The lowest BCUT2D eigenvalue weighted by Crippen LogP contribution is -2.15. The van der Waals surface area contributed by atoms with Crippen molar-refractivity contribution >= 4 is 5.97 Å². The zero-order valence-electron chi connectivity index (χ0n) is 23.8. The first-order valence-electron chi connectivity index (χ1n) is 13.7. The molecule has 1 aliphatic heterocycles. The van der Waals surface area contributed by atoms with Gasteiger partial charge in [0.1, 0.15) is 37.9 Å². The molecular formula is C33H36N2O7. The third-order valence-corrected chi connectivity index (χ3v) is 6.70. The minimum atomic E-state index is -0.961. The lowest BCUT2D eigenvalue weighted by Gasteiger charge is -2.20. The van der Waals surface area contributed by atoms with Crippen molar-refractivity contribution in [1.82, 2.24) is 4.98 Å². The van der Waals surface area contributed by atoms with E-state index in [4.69, 9.17) is 34.9 Å². The molecule has 4 N–H and O–H groups in total. The number of benzene rings is 3. The number of nitrogens with two attached hydrogens (primary N) is 1. The van der Waals surface area contributed by atoms with Gasteiger partial charge in [0.15, 0.2) is 11.5 Å². The van der Waals surface area contributed by atoms with Gasteiger partial charge >= 0.3 is 5.97 Å². The molecule has 1 aliphatic rings. The smallest absolute Gasteiger partial charge is 0.305 e. The lowest BCUT2D eigenvalue weighted by molar-refractivity contribution is -0.137. The van der Waals surface area contributed by atoms with Gasteiger partial charge in [-0.2, -0.15) is 0 Å². The third kappa shape index (κ3) is 7.99. The number of aliphatic hydroxyl groups excluding tert-OH is 1. The summed E-state index contributed by atoms with van der Waals surface area (Å²) in [6.45, 7) is 6.28. The van der Waals surface area contributed by atoms with Gasteiger partial charge in [-0.05, 0) is 65.9 Å². The molecule has 0 atom stereocenters. The number of rotatable bonds is 10. The summed E-state index contributed by atoms with van der Waals surface area (Å²) in [7, 11) is 0. The highest BCUT2D eigenvalue weighted by molar-refractivity contribution is 5.71. The van der Waals surface area contributed by atoms with Crippen LogP contribution in [-0.2, 0) is 24.6 Å². The van der Waals surface area contributed by atoms with Crippen LogP contribution >= 0.6 is 0 Å². The number of carboxylic acids is 1. The van der Waals surface area contributed by atoms with E-state index in [2.05, 4.69) is 36.2 Å². The van der Waals surface area contributed by atoms with Crippen molar-refractivity contribution in [2.45, 2.75) is 40.0 Å². The quantitative estimate of drug-likeness (QED) is 0.234. The van der Waals surface area contributed by atoms with Gasteiger partial charge in [-0.25, -0.2) is 0 Å². The van der Waals surface area contributed by atoms with E-state index >= 15 is 0 Å². The highest BCUT2D eigenvalue weighted by Crippen LogP contribution is 2.36. The minimum Gasteiger partial charge on any atom is -0.488 e. The second-order valence-corrected chi connectivity index (χ2v) is 9.68. The van der Waals surface area contributed by atoms with Crippen LogP contribution in [0.5, 0.6) is 23.0 Å². The molecule has 220 valence electrons. The Labute approximate surface area is 245 Å². The molecule has 0 bridgehead atoms. The standard InChI is InChI=1S/C30H30N2O4.C3H6O3/c1-20-13-25(16-31)29(35-18-22-5-4-10-32-17-22)15-28(20)36-19-24-6-3-7-26(21(24)2)23-8-9-27-30(14-23)34-12-11-33-27;4-2-1-3(5)6/h3-10,13-15,17H,11-12,16,18-19,31H2,1-2H3;4H,1-2H2,(H,5,6). The molecule has 0 unspecified atom stereocenters. The van der Waals surface area contributed by atoms with Crippen LogP contribution in [0.2, 0.25) is 0 Å². The zero-order valence-corrected chi connectivity index (χ0v) is 23.8. The Kier molecular flexibility index (Phi) is 10.7. The Morgan fingerprint density at radius 3 is 2.40 bits per heavy atom. The highest BCUT2D eigenvalue weighted by atomic mass is 16.6. The van der Waals surface area contributed by atoms with Crippen LogP contribution < -0.4 is 24.7 Å². The van der Waals surface area contributed by atoms with E-state index in [1.165, 1.54) is 5.56 Å². The maximum absolute atomic E-state index is 9.44. The van der Waals surface area contributed by atoms with Crippen LogP contribution in [0.1, 0.15) is 34.2 Å². The van der Waals surface area contributed by atoms with Gasteiger partial charge in [0.2, 0.25) is 0 Å². The first-order valence-corrected chi connectivity index (χ1v) is 13.7. The molecule has 0 spiro atoms. The molecule has 9 heteroatoms. The fraction of sp³-hybridized carbons (Fsp3) is 0.273. The summed E-state index contributed by atoms with van der Waals surface area (Å²) in [5.41, 5.74) is 13.5. The Morgan fingerprint density at radius 1 is 0.929 bits per heavy atom. The van der Waals surface area contributed by atoms with Crippen molar-refractivity contribution < 1.29 is 34.0 Å². The SMILES string of the molecule is Cc1cc(CN)c(OCc2cccnc2)cc1OCc1cccc(-c2ccc3c(c2)OCCO3)c1C.O=C(O)CCO. The molecule has 9 nitrogen and oxygen atoms in total. The van der Waals surface area contributed by atoms with Gasteiger partial charge in [0.25, 0.3) is 0 Å². The summed E-state index contributed by atoms with van der Waals surface area (Å²) in [5, 5.41) is 15.6. The average Bonchev–Trinajstić information content (AvgIpc) is 3.00. The molecular weight excluding hydrogens is 536 g/mol. The van der Waals surface area contributed by atoms with Crippen LogP contribution in [0.3, 0.4) is 0 Å². The lowest BCUT2D eigenvalue weighted by atomic mass is 9.96. The number of hydrogen-bond donors (Lipinski definition) is 3. The maximum Gasteiger partial charge on any atom is 0.305 e. The molecule has 3 aromatic carbocycles. The monoisotopic (exact) mass is 572 g/mol. The Bertz CT molecular complexity index is 1490. The number of aromatic nitrogens is 1. The van der Waals surface area contributed by atoms with Crippen molar-refractivity contribution in [3.63, 3.8) is 0 Å². The molecule has 2 heterocycles. The summed E-state index contributed by atoms with van der Waals surface area (Å²) in [4.78, 5) is 13.6. The molecule has 4 aromatic rings. The average molecular weight is 573 g/mol. The summed E-state index contributed by atoms with van der Waals surface area (Å²) in [5.74, 6) is 2.12. The van der Waals surface area contributed by atoms with Crippen molar-refractivity contribution in [2.24, 2.45) is 5.73 Å². The van der Waals surface area contributed by atoms with E-state index in [0.29, 0.717) is 33.0 Å². The summed E-state index contributed by atoms with van der Waals surface area (Å²) < 4.78 is 23.8. The van der Waals surface area contributed by atoms with E-state index in [0.717, 1.165) is 56.4 Å². The normalized spacial score (nSPS) is 11.7. The molecule has 0 amide bonds. The maximum atomic E-state index is 9.44. The number of aryl methyl sites for hydroxylation is 1. The molecule has 5 rings (SSSR count). The summed E-state index contributed by atoms with van der Waals surface area (Å²) in [6.07, 6.45) is 3.39. The fourth-order valence-corrected chi connectivity index (χ4v) is 4.44. The van der Waals surface area contributed by atoms with Crippen molar-refractivity contribution in [3.8, 4) is 34.1 Å². The van der Waals surface area contributed by atoms with Crippen molar-refractivity contribution in [1.29, 1.82) is 0 Å². The number of carbonyl (C=O) groups is 1. The number of hydrogen-bond acceptors (Lipinski definition) is 8. The van der Waals surface area contributed by atoms with Crippen LogP contribution in [0.25, 0.3) is 11.1 Å². The Morgan fingerprint density at radius 2 is 1.71 bits per heavy atom. The number of carboxylic acid groups (broad SMARTS) is 1. The fourth-order valence-electron chi connectivity index (χ4n) is 4.44. The van der Waals surface area contributed by atoms with Crippen LogP contribution in [0.4, 0.5) is 0 Å². The predicted octanol–water partition coefficient (Wildman–Crippen LogP) is 5.21. The molecule has 1 aromatic heterocycles. The number of nitrogens with zero attached hydrogens (tertiary/aromatic N) is 1. The van der Waals surface area contributed by atoms with E-state index < -0.39 is 5.97 Å². The summed E-state index contributed by atoms with van der Waals surface area (Å²) >= 11 is 0. The van der Waals surface area contributed by atoms with Gasteiger partial charge in [-0.3, -0.25) is 9.78 Å². The number of fused-ring (bicyclic) bond motifs is 1. The second-order valence-electron chi connectivity index (χ2n) is 9.68. The van der Waals surface area contributed by atoms with Gasteiger partial charge in [0.05, 0.1) is 13.0 Å². The van der Waals surface area contributed by atoms with Crippen LogP contribution in [0, 0.1) is 13.8 Å². The van der Waals surface area contributed by atoms with Gasteiger partial charge in [0, 0.05) is 36.1 Å². The molecule has 0 fully saturated rings. The molecule has 0 radical (unpaired) electrons. The summed E-state index contributed by atoms with van der Waals surface area (Å²) in [6, 6.07) is 20.2. The van der Waals surface area contributed by atoms with Gasteiger partial charge in [-0.15, -0.1) is 0 Å². The predicted molar refractivity (Wildman–Crippen MR) is 159 cm³/mol. The molecule has 0 saturated heterocycles. The van der Waals surface area contributed by atoms with Gasteiger partial charge < -0.3 is 34.9 Å². The number of ether oxygens (including phenoxy) is 4. The minimum absolute atomic E-state index is 0.153. The van der Waals surface area contributed by atoms with E-state index in [1.54, 1.807) is 12.4 Å².